The molecule has 1 aromatic carbocycles. The Kier molecular flexibility index (Phi) is 4.38. The third-order valence-electron chi connectivity index (χ3n) is 4.96. The van der Waals surface area contributed by atoms with Crippen molar-refractivity contribution in [1.29, 1.82) is 0 Å². The highest BCUT2D eigenvalue weighted by molar-refractivity contribution is 7.71. The van der Waals surface area contributed by atoms with Gasteiger partial charge in [-0.05, 0) is 31.1 Å². The van der Waals surface area contributed by atoms with Gasteiger partial charge in [0.25, 0.3) is 5.56 Å². The normalized spacial score (nSPS) is 15.5. The molecule has 4 nitrogen and oxygen atoms in total. The molecule has 0 amide bonds. The van der Waals surface area contributed by atoms with E-state index in [1.807, 2.05) is 0 Å². The number of hydrogen-bond donors (Lipinski definition) is 1. The van der Waals surface area contributed by atoms with Crippen LogP contribution >= 0.6 is 12.2 Å². The lowest BCUT2D eigenvalue weighted by molar-refractivity contribution is -0.136. The van der Waals surface area contributed by atoms with Crippen molar-refractivity contribution in [2.75, 3.05) is 0 Å². The molecule has 0 unspecified atom stereocenters. The summed E-state index contributed by atoms with van der Waals surface area (Å²) >= 11 is 5.29. The van der Waals surface area contributed by atoms with Crippen LogP contribution < -0.4 is 5.56 Å². The maximum Gasteiger partial charge on any atom is 0.417 e. The number of benzene rings is 1. The van der Waals surface area contributed by atoms with E-state index in [2.05, 4.69) is 9.97 Å². The first-order chi connectivity index (χ1) is 12.9. The van der Waals surface area contributed by atoms with E-state index in [-0.39, 0.29) is 22.2 Å². The number of nitrogens with zero attached hydrogens (tertiary/aromatic N) is 2. The molecule has 8 heteroatoms. The van der Waals surface area contributed by atoms with Crippen molar-refractivity contribution in [1.82, 2.24) is 14.5 Å². The monoisotopic (exact) mass is 391 g/mol. The average Bonchev–Trinajstić information content (AvgIpc) is 3.15. The summed E-state index contributed by atoms with van der Waals surface area (Å²) in [6.45, 7) is 0. The van der Waals surface area contributed by atoms with Crippen molar-refractivity contribution >= 4 is 23.3 Å². The molecular formula is C19H16F3N3OS. The summed E-state index contributed by atoms with van der Waals surface area (Å²) < 4.78 is 43.1. The van der Waals surface area contributed by atoms with E-state index < -0.39 is 22.7 Å². The van der Waals surface area contributed by atoms with Gasteiger partial charge in [-0.25, -0.2) is 4.98 Å². The van der Waals surface area contributed by atoms with Gasteiger partial charge in [0.05, 0.1) is 16.6 Å². The van der Waals surface area contributed by atoms with Crippen LogP contribution in [0.4, 0.5) is 13.2 Å². The van der Waals surface area contributed by atoms with E-state index >= 15 is 0 Å². The van der Waals surface area contributed by atoms with Crippen molar-refractivity contribution in [3.05, 3.63) is 57.1 Å². The SMILES string of the molecule is O=c1[nH]c(=S)n(C2CCCC2)c2nc(-c3ccccc3)cc(C(F)(F)F)c12. The van der Waals surface area contributed by atoms with Crippen LogP contribution in [0.1, 0.15) is 37.3 Å². The lowest BCUT2D eigenvalue weighted by Gasteiger charge is -2.19. The fraction of sp³-hybridized carbons (Fsp3) is 0.316. The molecule has 4 rings (SSSR count). The second kappa shape index (κ2) is 6.60. The van der Waals surface area contributed by atoms with Crippen LogP contribution in [0.5, 0.6) is 0 Å². The highest BCUT2D eigenvalue weighted by Gasteiger charge is 2.36. The van der Waals surface area contributed by atoms with Crippen LogP contribution in [0, 0.1) is 4.77 Å². The van der Waals surface area contributed by atoms with Gasteiger partial charge >= 0.3 is 6.18 Å². The second-order valence-electron chi connectivity index (χ2n) is 6.69. The maximum atomic E-state index is 13.8. The Bertz CT molecular complexity index is 1110. The number of rotatable bonds is 2. The van der Waals surface area contributed by atoms with Crippen LogP contribution in [0.15, 0.2) is 41.2 Å². The summed E-state index contributed by atoms with van der Waals surface area (Å²) in [6, 6.07) is 9.50. The fourth-order valence-electron chi connectivity index (χ4n) is 3.73. The number of H-pyrrole nitrogens is 1. The highest BCUT2D eigenvalue weighted by Crippen LogP contribution is 2.37. The quantitative estimate of drug-likeness (QED) is 0.607. The summed E-state index contributed by atoms with van der Waals surface area (Å²) in [4.78, 5) is 19.3. The molecule has 0 saturated heterocycles. The van der Waals surface area contributed by atoms with Crippen molar-refractivity contribution in [2.24, 2.45) is 0 Å². The molecule has 140 valence electrons. The van der Waals surface area contributed by atoms with Crippen molar-refractivity contribution < 1.29 is 13.2 Å². The van der Waals surface area contributed by atoms with Crippen molar-refractivity contribution in [3.8, 4) is 11.3 Å². The predicted molar refractivity (Wildman–Crippen MR) is 99.1 cm³/mol. The molecule has 3 aromatic rings. The molecule has 1 N–H and O–H groups in total. The minimum atomic E-state index is -4.69. The molecule has 0 atom stereocenters. The highest BCUT2D eigenvalue weighted by atomic mass is 32.1. The predicted octanol–water partition coefficient (Wildman–Crippen LogP) is 5.25. The summed E-state index contributed by atoms with van der Waals surface area (Å²) in [5.41, 5.74) is -1.13. The van der Waals surface area contributed by atoms with E-state index in [1.54, 1.807) is 34.9 Å². The van der Waals surface area contributed by atoms with Crippen LogP contribution in [0.2, 0.25) is 0 Å². The first kappa shape index (κ1) is 17.9. The number of fused-ring (bicyclic) bond motifs is 1. The molecule has 0 spiro atoms. The zero-order valence-electron chi connectivity index (χ0n) is 14.2. The average molecular weight is 391 g/mol. The van der Waals surface area contributed by atoms with E-state index in [9.17, 15) is 18.0 Å². The third kappa shape index (κ3) is 3.18. The zero-order chi connectivity index (χ0) is 19.2. The number of halogens is 3. The lowest BCUT2D eigenvalue weighted by Crippen LogP contribution is -2.22. The van der Waals surface area contributed by atoms with E-state index in [0.29, 0.717) is 5.56 Å². The van der Waals surface area contributed by atoms with Crippen LogP contribution in [0.3, 0.4) is 0 Å². The summed E-state index contributed by atoms with van der Waals surface area (Å²) in [5.74, 6) is 0. The molecule has 0 bridgehead atoms. The second-order valence-corrected chi connectivity index (χ2v) is 7.07. The largest absolute Gasteiger partial charge is 0.417 e. The number of pyridine rings is 1. The summed E-state index contributed by atoms with van der Waals surface area (Å²) in [6.07, 6.45) is -1.15. The number of nitrogens with one attached hydrogen (secondary N) is 1. The minimum Gasteiger partial charge on any atom is -0.299 e. The molecule has 1 aliphatic carbocycles. The summed E-state index contributed by atoms with van der Waals surface area (Å²) in [7, 11) is 0. The van der Waals surface area contributed by atoms with Crippen LogP contribution in [-0.4, -0.2) is 14.5 Å². The molecular weight excluding hydrogens is 375 g/mol. The Morgan fingerprint density at radius 3 is 2.44 bits per heavy atom. The Morgan fingerprint density at radius 1 is 1.15 bits per heavy atom. The van der Waals surface area contributed by atoms with Gasteiger partial charge in [0.1, 0.15) is 5.65 Å². The van der Waals surface area contributed by atoms with Crippen molar-refractivity contribution in [2.45, 2.75) is 37.9 Å². The molecule has 0 radical (unpaired) electrons. The fourth-order valence-corrected chi connectivity index (χ4v) is 4.06. The van der Waals surface area contributed by atoms with Gasteiger partial charge in [0.15, 0.2) is 4.77 Å². The van der Waals surface area contributed by atoms with Crippen LogP contribution in [-0.2, 0) is 6.18 Å². The molecule has 1 aliphatic rings. The molecule has 27 heavy (non-hydrogen) atoms. The Morgan fingerprint density at radius 2 is 1.81 bits per heavy atom. The summed E-state index contributed by atoms with van der Waals surface area (Å²) in [5, 5.41) is -0.456. The molecule has 1 fully saturated rings. The van der Waals surface area contributed by atoms with E-state index in [4.69, 9.17) is 12.2 Å². The Balaban J connectivity index is 2.13. The van der Waals surface area contributed by atoms with Gasteiger partial charge in [-0.1, -0.05) is 43.2 Å². The molecule has 2 heterocycles. The van der Waals surface area contributed by atoms with Gasteiger partial charge in [-0.3, -0.25) is 14.3 Å². The standard InChI is InChI=1S/C19H16F3N3OS/c20-19(21,22)13-10-14(11-6-2-1-3-7-11)23-16-15(13)17(26)24-18(27)25(16)12-8-4-5-9-12/h1-3,6-7,10,12H,4-5,8-9H2,(H,24,26,27). The number of hydrogen-bond acceptors (Lipinski definition) is 3. The third-order valence-corrected chi connectivity index (χ3v) is 5.26. The first-order valence-electron chi connectivity index (χ1n) is 8.68. The van der Waals surface area contributed by atoms with Crippen LogP contribution in [0.25, 0.3) is 22.3 Å². The molecule has 0 aliphatic heterocycles. The maximum absolute atomic E-state index is 13.8. The van der Waals surface area contributed by atoms with Crippen molar-refractivity contribution in [3.63, 3.8) is 0 Å². The Hall–Kier alpha value is -2.48. The smallest absolute Gasteiger partial charge is 0.299 e. The zero-order valence-corrected chi connectivity index (χ0v) is 15.0. The van der Waals surface area contributed by atoms with Gasteiger partial charge in [0.2, 0.25) is 0 Å². The van der Waals surface area contributed by atoms with Gasteiger partial charge < -0.3 is 0 Å². The lowest BCUT2D eigenvalue weighted by atomic mass is 10.1. The van der Waals surface area contributed by atoms with E-state index in [1.165, 1.54) is 0 Å². The number of aromatic nitrogens is 3. The molecule has 2 aromatic heterocycles. The topological polar surface area (TPSA) is 50.7 Å². The minimum absolute atomic E-state index is 0.00401. The number of aromatic amines is 1. The molecule has 1 saturated carbocycles. The number of alkyl halides is 3. The van der Waals surface area contributed by atoms with Gasteiger partial charge in [-0.2, -0.15) is 13.2 Å². The van der Waals surface area contributed by atoms with Gasteiger partial charge in [-0.15, -0.1) is 0 Å². The van der Waals surface area contributed by atoms with Gasteiger partial charge in [0, 0.05) is 11.6 Å². The Labute approximate surface area is 157 Å². The van der Waals surface area contributed by atoms with E-state index in [0.717, 1.165) is 31.7 Å². The first-order valence-corrected chi connectivity index (χ1v) is 9.09.